The molecule has 17 heavy (non-hydrogen) atoms. The van der Waals surface area contributed by atoms with Gasteiger partial charge in [0.1, 0.15) is 0 Å². The number of hydrogen-bond donors (Lipinski definition) is 1. The number of carbonyl (C=O) groups excluding carboxylic acids is 2. The summed E-state index contributed by atoms with van der Waals surface area (Å²) in [5, 5.41) is 2.16. The molecule has 88 valence electrons. The van der Waals surface area contributed by atoms with Crippen LogP contribution in [0.4, 0.5) is 4.39 Å². The van der Waals surface area contributed by atoms with Crippen LogP contribution < -0.4 is 10.1 Å². The molecule has 0 radical (unpaired) electrons. The Kier molecular flexibility index (Phi) is 2.91. The van der Waals surface area contributed by atoms with Crippen LogP contribution in [0.5, 0.6) is 5.75 Å². The number of ether oxygens (including phenoxy) is 1. The average Bonchev–Trinajstić information content (AvgIpc) is 2.58. The van der Waals surface area contributed by atoms with E-state index in [9.17, 15) is 14.0 Å². The third-order valence-corrected chi connectivity index (χ3v) is 2.41. The Morgan fingerprint density at radius 3 is 2.71 bits per heavy atom. The zero-order valence-electron chi connectivity index (χ0n) is 9.12. The minimum absolute atomic E-state index is 0.0342. The Morgan fingerprint density at radius 1 is 1.41 bits per heavy atom. The predicted molar refractivity (Wildman–Crippen MR) is 58.7 cm³/mol. The Balaban J connectivity index is 2.30. The van der Waals surface area contributed by atoms with E-state index >= 15 is 0 Å². The molecule has 1 N–H and O–H groups in total. The fraction of sp³-hybridized carbons (Fsp3) is 0.167. The van der Waals surface area contributed by atoms with Gasteiger partial charge < -0.3 is 4.74 Å². The summed E-state index contributed by atoms with van der Waals surface area (Å²) < 4.78 is 18.2. The molecule has 1 saturated heterocycles. The van der Waals surface area contributed by atoms with Crippen LogP contribution in [0.1, 0.15) is 12.0 Å². The molecule has 0 bridgehead atoms. The maximum atomic E-state index is 13.4. The van der Waals surface area contributed by atoms with Crippen molar-refractivity contribution in [1.82, 2.24) is 5.32 Å². The molecule has 1 aromatic rings. The highest BCUT2D eigenvalue weighted by Crippen LogP contribution is 2.21. The number of amides is 2. The topological polar surface area (TPSA) is 55.4 Å². The van der Waals surface area contributed by atoms with Crippen LogP contribution in [0.25, 0.3) is 6.08 Å². The van der Waals surface area contributed by atoms with Crippen LogP contribution in [0.3, 0.4) is 0 Å². The zero-order valence-corrected chi connectivity index (χ0v) is 9.12. The van der Waals surface area contributed by atoms with Gasteiger partial charge in [0.2, 0.25) is 5.91 Å². The molecule has 5 heteroatoms. The molecule has 0 atom stereocenters. The van der Waals surface area contributed by atoms with Gasteiger partial charge in [-0.15, -0.1) is 0 Å². The van der Waals surface area contributed by atoms with Gasteiger partial charge in [0.25, 0.3) is 5.91 Å². The lowest BCUT2D eigenvalue weighted by Gasteiger charge is -2.02. The van der Waals surface area contributed by atoms with E-state index in [1.165, 1.54) is 25.3 Å². The van der Waals surface area contributed by atoms with Crippen LogP contribution in [0, 0.1) is 5.82 Å². The van der Waals surface area contributed by atoms with Gasteiger partial charge in [0, 0.05) is 5.57 Å². The van der Waals surface area contributed by atoms with E-state index < -0.39 is 11.7 Å². The van der Waals surface area contributed by atoms with Crippen molar-refractivity contribution in [2.24, 2.45) is 0 Å². The van der Waals surface area contributed by atoms with E-state index in [2.05, 4.69) is 5.32 Å². The molecule has 2 amide bonds. The summed E-state index contributed by atoms with van der Waals surface area (Å²) in [7, 11) is 1.37. The molecule has 0 spiro atoms. The standard InChI is InChI=1S/C12H10FNO3/c1-17-10-3-2-7(5-9(10)13)4-8-6-11(15)14-12(8)16/h2-5H,6H2,1H3,(H,14,15,16)/b8-4+. The lowest BCUT2D eigenvalue weighted by molar-refractivity contribution is -0.124. The molecular formula is C12H10FNO3. The summed E-state index contributed by atoms with van der Waals surface area (Å²) in [6, 6.07) is 4.34. The molecule has 1 heterocycles. The zero-order chi connectivity index (χ0) is 12.4. The molecule has 0 saturated carbocycles. The number of halogens is 1. The summed E-state index contributed by atoms with van der Waals surface area (Å²) in [6.07, 6.45) is 1.52. The van der Waals surface area contributed by atoms with Crippen molar-refractivity contribution < 1.29 is 18.7 Å². The van der Waals surface area contributed by atoms with E-state index in [0.717, 1.165) is 0 Å². The maximum Gasteiger partial charge on any atom is 0.254 e. The maximum absolute atomic E-state index is 13.4. The quantitative estimate of drug-likeness (QED) is 0.620. The van der Waals surface area contributed by atoms with Gasteiger partial charge >= 0.3 is 0 Å². The molecule has 1 fully saturated rings. The van der Waals surface area contributed by atoms with Gasteiger partial charge in [-0.25, -0.2) is 4.39 Å². The molecule has 0 aromatic heterocycles. The number of nitrogens with one attached hydrogen (secondary N) is 1. The second-order valence-electron chi connectivity index (χ2n) is 3.62. The highest BCUT2D eigenvalue weighted by molar-refractivity contribution is 6.15. The number of methoxy groups -OCH3 is 1. The smallest absolute Gasteiger partial charge is 0.254 e. The SMILES string of the molecule is COc1ccc(/C=C2\CC(=O)NC2=O)cc1F. The fourth-order valence-corrected chi connectivity index (χ4v) is 1.59. The van der Waals surface area contributed by atoms with Crippen LogP contribution in [0.2, 0.25) is 0 Å². The van der Waals surface area contributed by atoms with Crippen molar-refractivity contribution >= 4 is 17.9 Å². The van der Waals surface area contributed by atoms with Gasteiger partial charge in [-0.05, 0) is 23.8 Å². The lowest BCUT2D eigenvalue weighted by Crippen LogP contribution is -2.19. The second-order valence-corrected chi connectivity index (χ2v) is 3.62. The van der Waals surface area contributed by atoms with Gasteiger partial charge in [-0.3, -0.25) is 14.9 Å². The minimum atomic E-state index is -0.508. The van der Waals surface area contributed by atoms with Crippen LogP contribution in [-0.2, 0) is 9.59 Å². The summed E-state index contributed by atoms with van der Waals surface area (Å²) in [5.74, 6) is -1.13. The second kappa shape index (κ2) is 4.37. The van der Waals surface area contributed by atoms with Crippen molar-refractivity contribution in [1.29, 1.82) is 0 Å². The molecule has 4 nitrogen and oxygen atoms in total. The molecular weight excluding hydrogens is 225 g/mol. The molecule has 2 rings (SSSR count). The first-order chi connectivity index (χ1) is 8.10. The number of hydrogen-bond acceptors (Lipinski definition) is 3. The number of rotatable bonds is 2. The van der Waals surface area contributed by atoms with E-state index in [1.54, 1.807) is 6.07 Å². The van der Waals surface area contributed by atoms with E-state index in [1.807, 2.05) is 0 Å². The van der Waals surface area contributed by atoms with Crippen molar-refractivity contribution in [2.45, 2.75) is 6.42 Å². The van der Waals surface area contributed by atoms with Crippen molar-refractivity contribution in [3.05, 3.63) is 35.2 Å². The Bertz CT molecular complexity index is 522. The van der Waals surface area contributed by atoms with Crippen molar-refractivity contribution in [3.8, 4) is 5.75 Å². The summed E-state index contributed by atoms with van der Waals surface area (Å²) in [6.45, 7) is 0. The number of benzene rings is 1. The summed E-state index contributed by atoms with van der Waals surface area (Å²) in [4.78, 5) is 22.2. The summed E-state index contributed by atoms with van der Waals surface area (Å²) >= 11 is 0. The van der Waals surface area contributed by atoms with Crippen LogP contribution in [-0.4, -0.2) is 18.9 Å². The van der Waals surface area contributed by atoms with E-state index in [4.69, 9.17) is 4.74 Å². The lowest BCUT2D eigenvalue weighted by atomic mass is 10.1. The van der Waals surface area contributed by atoms with E-state index in [-0.39, 0.29) is 18.1 Å². The first-order valence-electron chi connectivity index (χ1n) is 4.98. The summed E-state index contributed by atoms with van der Waals surface area (Å²) in [5.41, 5.74) is 0.850. The predicted octanol–water partition coefficient (Wildman–Crippen LogP) is 1.26. The minimum Gasteiger partial charge on any atom is -0.494 e. The Morgan fingerprint density at radius 2 is 2.18 bits per heavy atom. The Hall–Kier alpha value is -2.17. The monoisotopic (exact) mass is 235 g/mol. The van der Waals surface area contributed by atoms with Gasteiger partial charge in [-0.2, -0.15) is 0 Å². The largest absolute Gasteiger partial charge is 0.494 e. The van der Waals surface area contributed by atoms with Crippen molar-refractivity contribution in [2.75, 3.05) is 7.11 Å². The fourth-order valence-electron chi connectivity index (χ4n) is 1.59. The normalized spacial score (nSPS) is 17.4. The highest BCUT2D eigenvalue weighted by Gasteiger charge is 2.23. The highest BCUT2D eigenvalue weighted by atomic mass is 19.1. The first kappa shape index (κ1) is 11.3. The van der Waals surface area contributed by atoms with Gasteiger partial charge in [0.15, 0.2) is 11.6 Å². The Labute approximate surface area is 97.1 Å². The third-order valence-electron chi connectivity index (χ3n) is 2.41. The molecule has 1 aliphatic heterocycles. The van der Waals surface area contributed by atoms with Crippen LogP contribution >= 0.6 is 0 Å². The van der Waals surface area contributed by atoms with Crippen molar-refractivity contribution in [3.63, 3.8) is 0 Å². The number of imide groups is 1. The average molecular weight is 235 g/mol. The van der Waals surface area contributed by atoms with Crippen LogP contribution in [0.15, 0.2) is 23.8 Å². The third kappa shape index (κ3) is 2.33. The van der Waals surface area contributed by atoms with Gasteiger partial charge in [0.05, 0.1) is 13.5 Å². The van der Waals surface area contributed by atoms with Gasteiger partial charge in [-0.1, -0.05) is 6.07 Å². The number of carbonyl (C=O) groups is 2. The molecule has 1 aromatic carbocycles. The molecule has 0 unspecified atom stereocenters. The molecule has 0 aliphatic carbocycles. The van der Waals surface area contributed by atoms with E-state index in [0.29, 0.717) is 11.1 Å². The first-order valence-corrected chi connectivity index (χ1v) is 4.98. The molecule has 1 aliphatic rings.